The Labute approximate surface area is 69.7 Å². The van der Waals surface area contributed by atoms with Crippen LogP contribution in [0.3, 0.4) is 0 Å². The molecule has 2 aliphatic carbocycles. The second kappa shape index (κ2) is 3.00. The lowest BCUT2D eigenvalue weighted by Crippen LogP contribution is -2.24. The molecule has 0 nitrogen and oxygen atoms in total. The number of allylic oxidation sites excluding steroid dienone is 1. The minimum absolute atomic E-state index is 0.928. The molecule has 0 heterocycles. The van der Waals surface area contributed by atoms with Crippen molar-refractivity contribution in [2.24, 2.45) is 11.8 Å². The van der Waals surface area contributed by atoms with Gasteiger partial charge in [-0.1, -0.05) is 25.0 Å². The fourth-order valence-electron chi connectivity index (χ4n) is 2.87. The monoisotopic (exact) mass is 150 g/mol. The van der Waals surface area contributed by atoms with E-state index in [4.69, 9.17) is 0 Å². The standard InChI is InChI=1S/C11H18/c1-9-5-4-7-10-6-2-3-8-11(9)10/h10-11H,1-8H2/t10?,11-/m0/s1. The molecule has 0 aromatic carbocycles. The van der Waals surface area contributed by atoms with Crippen molar-refractivity contribution in [1.29, 1.82) is 0 Å². The van der Waals surface area contributed by atoms with E-state index in [1.807, 2.05) is 0 Å². The van der Waals surface area contributed by atoms with Gasteiger partial charge in [0.1, 0.15) is 0 Å². The zero-order chi connectivity index (χ0) is 7.68. The maximum atomic E-state index is 4.20. The van der Waals surface area contributed by atoms with Gasteiger partial charge in [0.05, 0.1) is 0 Å². The lowest BCUT2D eigenvalue weighted by molar-refractivity contribution is 0.224. The first-order chi connectivity index (χ1) is 5.38. The summed E-state index contributed by atoms with van der Waals surface area (Å²) in [5, 5.41) is 0. The van der Waals surface area contributed by atoms with Crippen LogP contribution in [-0.4, -0.2) is 0 Å². The third-order valence-corrected chi connectivity index (χ3v) is 3.51. The molecule has 0 spiro atoms. The molecule has 0 saturated heterocycles. The maximum absolute atomic E-state index is 4.20. The van der Waals surface area contributed by atoms with Gasteiger partial charge >= 0.3 is 0 Å². The molecule has 2 aliphatic rings. The number of rotatable bonds is 0. The summed E-state index contributed by atoms with van der Waals surface area (Å²) in [6.07, 6.45) is 10.1. The van der Waals surface area contributed by atoms with E-state index in [-0.39, 0.29) is 0 Å². The van der Waals surface area contributed by atoms with E-state index in [2.05, 4.69) is 6.58 Å². The highest BCUT2D eigenvalue weighted by atomic mass is 14.3. The first-order valence-electron chi connectivity index (χ1n) is 5.05. The molecule has 2 saturated carbocycles. The van der Waals surface area contributed by atoms with E-state index in [9.17, 15) is 0 Å². The molecule has 0 amide bonds. The van der Waals surface area contributed by atoms with E-state index in [0.717, 1.165) is 11.8 Å². The number of hydrogen-bond acceptors (Lipinski definition) is 0. The number of hydrogen-bond donors (Lipinski definition) is 0. The van der Waals surface area contributed by atoms with E-state index < -0.39 is 0 Å². The molecule has 2 rings (SSSR count). The SMILES string of the molecule is C=C1CCCC2CCCC[C@@H]12. The fourth-order valence-corrected chi connectivity index (χ4v) is 2.87. The minimum atomic E-state index is 0.928. The molecule has 0 heteroatoms. The summed E-state index contributed by atoms with van der Waals surface area (Å²) in [4.78, 5) is 0. The van der Waals surface area contributed by atoms with Gasteiger partial charge in [-0.05, 0) is 43.9 Å². The normalized spacial score (nSPS) is 38.4. The summed E-state index contributed by atoms with van der Waals surface area (Å²) in [5.74, 6) is 1.96. The highest BCUT2D eigenvalue weighted by molar-refractivity contribution is 5.07. The Kier molecular flexibility index (Phi) is 2.02. The first kappa shape index (κ1) is 7.39. The molecule has 2 atom stereocenters. The second-order valence-electron chi connectivity index (χ2n) is 4.20. The number of fused-ring (bicyclic) bond motifs is 1. The van der Waals surface area contributed by atoms with Gasteiger partial charge in [0.15, 0.2) is 0 Å². The summed E-state index contributed by atoms with van der Waals surface area (Å²) in [6, 6.07) is 0. The van der Waals surface area contributed by atoms with E-state index in [0.29, 0.717) is 0 Å². The highest BCUT2D eigenvalue weighted by Gasteiger charge is 2.29. The molecule has 0 aromatic rings. The van der Waals surface area contributed by atoms with Crippen LogP contribution >= 0.6 is 0 Å². The molecule has 2 fully saturated rings. The third kappa shape index (κ3) is 1.36. The molecule has 62 valence electrons. The van der Waals surface area contributed by atoms with E-state index in [1.54, 1.807) is 5.57 Å². The van der Waals surface area contributed by atoms with Gasteiger partial charge < -0.3 is 0 Å². The summed E-state index contributed by atoms with van der Waals surface area (Å²) >= 11 is 0. The predicted molar refractivity (Wildman–Crippen MR) is 48.4 cm³/mol. The van der Waals surface area contributed by atoms with Crippen LogP contribution in [0.1, 0.15) is 44.9 Å². The Balaban J connectivity index is 2.05. The van der Waals surface area contributed by atoms with Crippen LogP contribution in [0, 0.1) is 11.8 Å². The summed E-state index contributed by atoms with van der Waals surface area (Å²) in [5.41, 5.74) is 1.57. The van der Waals surface area contributed by atoms with Crippen LogP contribution in [0.4, 0.5) is 0 Å². The van der Waals surface area contributed by atoms with Gasteiger partial charge in [0, 0.05) is 0 Å². The van der Waals surface area contributed by atoms with Crippen molar-refractivity contribution >= 4 is 0 Å². The van der Waals surface area contributed by atoms with Gasteiger partial charge in [-0.3, -0.25) is 0 Å². The average Bonchev–Trinajstić information content (AvgIpc) is 2.06. The molecule has 0 aromatic heterocycles. The fraction of sp³-hybridized carbons (Fsp3) is 0.818. The Morgan fingerprint density at radius 1 is 1.00 bits per heavy atom. The summed E-state index contributed by atoms with van der Waals surface area (Å²) in [7, 11) is 0. The van der Waals surface area contributed by atoms with Crippen molar-refractivity contribution in [1.82, 2.24) is 0 Å². The maximum Gasteiger partial charge on any atom is -0.0178 e. The Bertz CT molecular complexity index is 155. The van der Waals surface area contributed by atoms with Crippen molar-refractivity contribution in [3.05, 3.63) is 12.2 Å². The average molecular weight is 150 g/mol. The Morgan fingerprint density at radius 2 is 1.73 bits per heavy atom. The van der Waals surface area contributed by atoms with Crippen LogP contribution in [0.25, 0.3) is 0 Å². The molecule has 0 bridgehead atoms. The van der Waals surface area contributed by atoms with Crippen LogP contribution < -0.4 is 0 Å². The van der Waals surface area contributed by atoms with Crippen molar-refractivity contribution in [3.63, 3.8) is 0 Å². The van der Waals surface area contributed by atoms with Crippen LogP contribution in [0.15, 0.2) is 12.2 Å². The molecule has 0 aliphatic heterocycles. The zero-order valence-electron chi connectivity index (χ0n) is 7.31. The van der Waals surface area contributed by atoms with Crippen molar-refractivity contribution in [2.45, 2.75) is 44.9 Å². The van der Waals surface area contributed by atoms with Gasteiger partial charge in [0.2, 0.25) is 0 Å². The third-order valence-electron chi connectivity index (χ3n) is 3.51. The second-order valence-corrected chi connectivity index (χ2v) is 4.20. The molecule has 0 N–H and O–H groups in total. The van der Waals surface area contributed by atoms with Gasteiger partial charge in [-0.2, -0.15) is 0 Å². The van der Waals surface area contributed by atoms with Gasteiger partial charge in [-0.15, -0.1) is 0 Å². The first-order valence-corrected chi connectivity index (χ1v) is 5.05. The van der Waals surface area contributed by atoms with Crippen LogP contribution in [0.2, 0.25) is 0 Å². The molecular weight excluding hydrogens is 132 g/mol. The van der Waals surface area contributed by atoms with Crippen molar-refractivity contribution in [3.8, 4) is 0 Å². The highest BCUT2D eigenvalue weighted by Crippen LogP contribution is 2.42. The van der Waals surface area contributed by atoms with Crippen LogP contribution in [0.5, 0.6) is 0 Å². The summed E-state index contributed by atoms with van der Waals surface area (Å²) in [6.45, 7) is 4.20. The van der Waals surface area contributed by atoms with Gasteiger partial charge in [0.25, 0.3) is 0 Å². The van der Waals surface area contributed by atoms with Crippen molar-refractivity contribution < 1.29 is 0 Å². The summed E-state index contributed by atoms with van der Waals surface area (Å²) < 4.78 is 0. The Morgan fingerprint density at radius 3 is 2.55 bits per heavy atom. The van der Waals surface area contributed by atoms with Crippen molar-refractivity contribution in [2.75, 3.05) is 0 Å². The zero-order valence-corrected chi connectivity index (χ0v) is 7.31. The van der Waals surface area contributed by atoms with E-state index in [1.165, 1.54) is 44.9 Å². The molecule has 1 unspecified atom stereocenters. The van der Waals surface area contributed by atoms with Crippen LogP contribution in [-0.2, 0) is 0 Å². The Hall–Kier alpha value is -0.260. The lowest BCUT2D eigenvalue weighted by atomic mass is 9.69. The molecule has 11 heavy (non-hydrogen) atoms. The largest absolute Gasteiger partial charge is 0.0996 e. The predicted octanol–water partition coefficient (Wildman–Crippen LogP) is 3.53. The van der Waals surface area contributed by atoms with E-state index >= 15 is 0 Å². The smallest absolute Gasteiger partial charge is 0.0178 e. The lowest BCUT2D eigenvalue weighted by Gasteiger charge is -2.37. The minimum Gasteiger partial charge on any atom is -0.0996 e. The molecular formula is C11H18. The quantitative estimate of drug-likeness (QED) is 0.463. The molecule has 0 radical (unpaired) electrons. The van der Waals surface area contributed by atoms with Gasteiger partial charge in [-0.25, -0.2) is 0 Å². The topological polar surface area (TPSA) is 0 Å².